The molecule has 22 heavy (non-hydrogen) atoms. The molecule has 2 N–H and O–H groups in total. The summed E-state index contributed by atoms with van der Waals surface area (Å²) in [7, 11) is 3.54. The van der Waals surface area contributed by atoms with Gasteiger partial charge in [0.2, 0.25) is 0 Å². The van der Waals surface area contributed by atoms with Gasteiger partial charge in [-0.2, -0.15) is 0 Å². The molecule has 0 saturated heterocycles. The van der Waals surface area contributed by atoms with Crippen LogP contribution in [0.2, 0.25) is 0 Å². The van der Waals surface area contributed by atoms with Crippen LogP contribution in [0.3, 0.4) is 0 Å². The molecule has 0 radical (unpaired) electrons. The number of aliphatic imine (C=N–C) groups is 1. The van der Waals surface area contributed by atoms with Gasteiger partial charge in [-0.15, -0.1) is 24.0 Å². The van der Waals surface area contributed by atoms with Gasteiger partial charge in [-0.1, -0.05) is 12.1 Å². The van der Waals surface area contributed by atoms with E-state index in [1.54, 1.807) is 19.2 Å². The first-order valence-electron chi connectivity index (χ1n) is 6.62. The Balaban J connectivity index is 0.00000242. The molecule has 0 aliphatic carbocycles. The molecule has 0 spiro atoms. The standard InChI is InChI=1S/C16H18FN3O.HI/c1-18-16(19-2)20-11-12-3-7-14(8-4-12)21-15-9-5-13(17)6-10-15;/h3-10H,11H2,1-2H3,(H2,18,19,20);1H. The topological polar surface area (TPSA) is 45.7 Å². The quantitative estimate of drug-likeness (QED) is 0.457. The third-order valence-corrected chi connectivity index (χ3v) is 2.89. The molecule has 0 aliphatic heterocycles. The van der Waals surface area contributed by atoms with Crippen LogP contribution >= 0.6 is 24.0 Å². The predicted molar refractivity (Wildman–Crippen MR) is 97.6 cm³/mol. The van der Waals surface area contributed by atoms with E-state index < -0.39 is 0 Å². The summed E-state index contributed by atoms with van der Waals surface area (Å²) in [6, 6.07) is 13.6. The van der Waals surface area contributed by atoms with Gasteiger partial charge in [-0.25, -0.2) is 4.39 Å². The Morgan fingerprint density at radius 3 is 2.09 bits per heavy atom. The average molecular weight is 415 g/mol. The van der Waals surface area contributed by atoms with Crippen molar-refractivity contribution in [3.05, 3.63) is 59.9 Å². The van der Waals surface area contributed by atoms with Gasteiger partial charge in [-0.05, 0) is 42.0 Å². The molecule has 0 saturated carbocycles. The molecule has 0 aliphatic rings. The highest BCUT2D eigenvalue weighted by atomic mass is 127. The second-order valence-corrected chi connectivity index (χ2v) is 4.38. The molecule has 2 rings (SSSR count). The lowest BCUT2D eigenvalue weighted by molar-refractivity contribution is 0.480. The fraction of sp³-hybridized carbons (Fsp3) is 0.188. The summed E-state index contributed by atoms with van der Waals surface area (Å²) in [6.07, 6.45) is 0. The Labute approximate surface area is 146 Å². The molecule has 0 atom stereocenters. The van der Waals surface area contributed by atoms with Crippen molar-refractivity contribution in [3.8, 4) is 11.5 Å². The van der Waals surface area contributed by atoms with Gasteiger partial charge < -0.3 is 15.4 Å². The van der Waals surface area contributed by atoms with Crippen LogP contribution in [0.4, 0.5) is 4.39 Å². The third kappa shape index (κ3) is 5.51. The van der Waals surface area contributed by atoms with Gasteiger partial charge in [0.05, 0.1) is 0 Å². The zero-order valence-electron chi connectivity index (χ0n) is 12.5. The van der Waals surface area contributed by atoms with E-state index in [4.69, 9.17) is 4.74 Å². The SMILES string of the molecule is CN=C(NC)NCc1ccc(Oc2ccc(F)cc2)cc1.I. The highest BCUT2D eigenvalue weighted by Gasteiger charge is 1.99. The second-order valence-electron chi connectivity index (χ2n) is 4.38. The summed E-state index contributed by atoms with van der Waals surface area (Å²) < 4.78 is 18.4. The van der Waals surface area contributed by atoms with E-state index in [-0.39, 0.29) is 29.8 Å². The number of ether oxygens (including phenoxy) is 1. The fourth-order valence-corrected chi connectivity index (χ4v) is 1.78. The molecular formula is C16H19FIN3O. The van der Waals surface area contributed by atoms with Crippen molar-refractivity contribution >= 4 is 29.9 Å². The van der Waals surface area contributed by atoms with Gasteiger partial charge >= 0.3 is 0 Å². The maximum Gasteiger partial charge on any atom is 0.190 e. The minimum Gasteiger partial charge on any atom is -0.457 e. The molecule has 2 aromatic carbocycles. The van der Waals surface area contributed by atoms with Gasteiger partial charge in [0.25, 0.3) is 0 Å². The van der Waals surface area contributed by atoms with E-state index in [9.17, 15) is 4.39 Å². The molecule has 0 bridgehead atoms. The smallest absolute Gasteiger partial charge is 0.190 e. The number of nitrogens with one attached hydrogen (secondary N) is 2. The van der Waals surface area contributed by atoms with E-state index in [1.807, 2.05) is 31.3 Å². The number of benzene rings is 2. The Kier molecular flexibility index (Phi) is 7.65. The number of hydrogen-bond acceptors (Lipinski definition) is 2. The van der Waals surface area contributed by atoms with E-state index in [0.717, 1.165) is 11.5 Å². The fourth-order valence-electron chi connectivity index (χ4n) is 1.78. The Bertz CT molecular complexity index is 600. The van der Waals surface area contributed by atoms with Gasteiger partial charge in [-0.3, -0.25) is 4.99 Å². The molecule has 4 nitrogen and oxygen atoms in total. The molecule has 0 amide bonds. The van der Waals surface area contributed by atoms with E-state index >= 15 is 0 Å². The van der Waals surface area contributed by atoms with Crippen LogP contribution in [0, 0.1) is 5.82 Å². The molecule has 118 valence electrons. The minimum atomic E-state index is -0.276. The largest absolute Gasteiger partial charge is 0.457 e. The average Bonchev–Trinajstić information content (AvgIpc) is 2.52. The summed E-state index contributed by atoms with van der Waals surface area (Å²) in [5, 5.41) is 6.12. The number of rotatable bonds is 4. The Hall–Kier alpha value is -1.83. The highest BCUT2D eigenvalue weighted by Crippen LogP contribution is 2.21. The molecule has 0 fully saturated rings. The molecule has 6 heteroatoms. The number of hydrogen-bond donors (Lipinski definition) is 2. The first-order valence-corrected chi connectivity index (χ1v) is 6.62. The van der Waals surface area contributed by atoms with Gasteiger partial charge in [0, 0.05) is 20.6 Å². The molecule has 0 aromatic heterocycles. The summed E-state index contributed by atoms with van der Waals surface area (Å²) in [5.74, 6) is 1.78. The first kappa shape index (κ1) is 18.2. The number of nitrogens with zero attached hydrogens (tertiary/aromatic N) is 1. The molecule has 2 aromatic rings. The van der Waals surface area contributed by atoms with E-state index in [0.29, 0.717) is 18.0 Å². The zero-order valence-corrected chi connectivity index (χ0v) is 14.8. The van der Waals surface area contributed by atoms with Crippen molar-refractivity contribution < 1.29 is 9.13 Å². The van der Waals surface area contributed by atoms with E-state index in [1.165, 1.54) is 12.1 Å². The van der Waals surface area contributed by atoms with Crippen LogP contribution in [0.5, 0.6) is 11.5 Å². The van der Waals surface area contributed by atoms with Crippen LogP contribution in [-0.2, 0) is 6.54 Å². The maximum absolute atomic E-state index is 12.8. The number of guanidine groups is 1. The van der Waals surface area contributed by atoms with Crippen LogP contribution in [0.1, 0.15) is 5.56 Å². The lowest BCUT2D eigenvalue weighted by Crippen LogP contribution is -2.33. The van der Waals surface area contributed by atoms with Crippen LogP contribution < -0.4 is 15.4 Å². The minimum absolute atomic E-state index is 0. The Morgan fingerprint density at radius 1 is 1.05 bits per heavy atom. The van der Waals surface area contributed by atoms with Crippen LogP contribution in [0.25, 0.3) is 0 Å². The molecule has 0 heterocycles. The summed E-state index contributed by atoms with van der Waals surface area (Å²) in [4.78, 5) is 4.04. The second kappa shape index (κ2) is 9.24. The maximum atomic E-state index is 12.8. The normalized spacial score (nSPS) is 10.6. The lowest BCUT2D eigenvalue weighted by Gasteiger charge is -2.09. The van der Waals surface area contributed by atoms with Gasteiger partial charge in [0.15, 0.2) is 5.96 Å². The zero-order chi connectivity index (χ0) is 15.1. The predicted octanol–water partition coefficient (Wildman–Crippen LogP) is 3.53. The van der Waals surface area contributed by atoms with Crippen molar-refractivity contribution in [2.24, 2.45) is 4.99 Å². The van der Waals surface area contributed by atoms with E-state index in [2.05, 4.69) is 15.6 Å². The molecule has 0 unspecified atom stereocenters. The summed E-state index contributed by atoms with van der Waals surface area (Å²) in [5.41, 5.74) is 1.11. The summed E-state index contributed by atoms with van der Waals surface area (Å²) in [6.45, 7) is 0.671. The highest BCUT2D eigenvalue weighted by molar-refractivity contribution is 14.0. The van der Waals surface area contributed by atoms with Crippen molar-refractivity contribution in [1.82, 2.24) is 10.6 Å². The van der Waals surface area contributed by atoms with Gasteiger partial charge in [0.1, 0.15) is 17.3 Å². The Morgan fingerprint density at radius 2 is 1.59 bits per heavy atom. The van der Waals surface area contributed by atoms with Crippen molar-refractivity contribution in [2.45, 2.75) is 6.54 Å². The van der Waals surface area contributed by atoms with Crippen molar-refractivity contribution in [2.75, 3.05) is 14.1 Å². The molecular weight excluding hydrogens is 396 g/mol. The van der Waals surface area contributed by atoms with Crippen molar-refractivity contribution in [1.29, 1.82) is 0 Å². The number of halogens is 2. The first-order chi connectivity index (χ1) is 10.2. The summed E-state index contributed by atoms with van der Waals surface area (Å²) >= 11 is 0. The monoisotopic (exact) mass is 415 g/mol. The lowest BCUT2D eigenvalue weighted by atomic mass is 10.2. The third-order valence-electron chi connectivity index (χ3n) is 2.89. The van der Waals surface area contributed by atoms with Crippen molar-refractivity contribution in [3.63, 3.8) is 0 Å². The van der Waals surface area contributed by atoms with Crippen LogP contribution in [-0.4, -0.2) is 20.1 Å². The van der Waals surface area contributed by atoms with Crippen LogP contribution in [0.15, 0.2) is 53.5 Å².